The van der Waals surface area contributed by atoms with E-state index in [9.17, 15) is 22.8 Å². The number of nitrogens with zero attached hydrogens (tertiary/aromatic N) is 2. The summed E-state index contributed by atoms with van der Waals surface area (Å²) >= 11 is 1.26. The highest BCUT2D eigenvalue weighted by atomic mass is 32.1. The molecule has 9 heteroatoms. The number of nitrogens with one attached hydrogen (secondary N) is 1. The molecule has 5 nitrogen and oxygen atoms in total. The summed E-state index contributed by atoms with van der Waals surface area (Å²) in [7, 11) is 0. The fourth-order valence-electron chi connectivity index (χ4n) is 2.88. The molecule has 142 valence electrons. The topological polar surface area (TPSA) is 67.8 Å². The first-order chi connectivity index (χ1) is 13.3. The number of fused-ring (bicyclic) bond motifs is 1. The van der Waals surface area contributed by atoms with E-state index in [4.69, 9.17) is 0 Å². The highest BCUT2D eigenvalue weighted by Gasteiger charge is 2.31. The van der Waals surface area contributed by atoms with Crippen molar-refractivity contribution in [3.05, 3.63) is 86.1 Å². The standard InChI is InChI=1S/C19H12F3N3O2S/c20-19(21,22)12-6-7-15(26)25(8-12)9-14-23-17(27)16-13(10-28-18(16)24-14)11-4-2-1-3-5-11/h1-8,10H,9H2,(H,23,24,27). The summed E-state index contributed by atoms with van der Waals surface area (Å²) in [6.45, 7) is -0.271. The third kappa shape index (κ3) is 3.36. The Kier molecular flexibility index (Phi) is 4.38. The number of halogens is 3. The van der Waals surface area contributed by atoms with Gasteiger partial charge in [-0.3, -0.25) is 9.59 Å². The van der Waals surface area contributed by atoms with Crippen molar-refractivity contribution in [2.24, 2.45) is 0 Å². The Bertz CT molecular complexity index is 1270. The number of thiophene rings is 1. The quantitative estimate of drug-likeness (QED) is 0.565. The van der Waals surface area contributed by atoms with Crippen LogP contribution in [0.3, 0.4) is 0 Å². The molecule has 0 aliphatic heterocycles. The largest absolute Gasteiger partial charge is 0.417 e. The van der Waals surface area contributed by atoms with Gasteiger partial charge in [-0.1, -0.05) is 30.3 Å². The molecule has 4 aromatic rings. The number of H-pyrrole nitrogens is 1. The summed E-state index contributed by atoms with van der Waals surface area (Å²) in [6, 6.07) is 10.9. The SMILES string of the molecule is O=c1[nH]c(Cn2cc(C(F)(F)F)ccc2=O)nc2scc(-c3ccccc3)c12. The molecule has 1 aromatic carbocycles. The number of pyridine rings is 1. The second-order valence-corrected chi connectivity index (χ2v) is 6.95. The zero-order valence-corrected chi connectivity index (χ0v) is 15.0. The van der Waals surface area contributed by atoms with Crippen molar-refractivity contribution in [3.8, 4) is 11.1 Å². The van der Waals surface area contributed by atoms with Gasteiger partial charge in [0.05, 0.1) is 17.5 Å². The van der Waals surface area contributed by atoms with Crippen molar-refractivity contribution in [2.45, 2.75) is 12.7 Å². The molecule has 0 saturated heterocycles. The summed E-state index contributed by atoms with van der Waals surface area (Å²) in [5.41, 5.74) is -0.370. The minimum absolute atomic E-state index is 0.111. The van der Waals surface area contributed by atoms with Crippen molar-refractivity contribution in [1.82, 2.24) is 14.5 Å². The molecule has 28 heavy (non-hydrogen) atoms. The van der Waals surface area contributed by atoms with E-state index in [1.807, 2.05) is 35.7 Å². The monoisotopic (exact) mass is 403 g/mol. The zero-order chi connectivity index (χ0) is 19.9. The van der Waals surface area contributed by atoms with Gasteiger partial charge >= 0.3 is 6.18 Å². The van der Waals surface area contributed by atoms with E-state index in [2.05, 4.69) is 9.97 Å². The van der Waals surface area contributed by atoms with Crippen LogP contribution in [-0.4, -0.2) is 14.5 Å². The van der Waals surface area contributed by atoms with Gasteiger partial charge in [-0.05, 0) is 11.6 Å². The maximum atomic E-state index is 12.9. The lowest BCUT2D eigenvalue weighted by Gasteiger charge is -2.10. The first-order valence-corrected chi connectivity index (χ1v) is 9.04. The van der Waals surface area contributed by atoms with Crippen LogP contribution < -0.4 is 11.1 Å². The molecule has 0 aliphatic carbocycles. The van der Waals surface area contributed by atoms with Gasteiger partial charge in [0.25, 0.3) is 11.1 Å². The molecule has 0 unspecified atom stereocenters. The molecule has 1 N–H and O–H groups in total. The van der Waals surface area contributed by atoms with Crippen molar-refractivity contribution >= 4 is 21.6 Å². The molecule has 0 bridgehead atoms. The van der Waals surface area contributed by atoms with Gasteiger partial charge in [0.15, 0.2) is 0 Å². The van der Waals surface area contributed by atoms with Crippen LogP contribution in [0.5, 0.6) is 0 Å². The Hall–Kier alpha value is -3.20. The molecule has 0 atom stereocenters. The second-order valence-electron chi connectivity index (χ2n) is 6.09. The molecule has 0 radical (unpaired) electrons. The summed E-state index contributed by atoms with van der Waals surface area (Å²) in [6.07, 6.45) is -3.85. The Morgan fingerprint density at radius 3 is 2.54 bits per heavy atom. The van der Waals surface area contributed by atoms with Gasteiger partial charge in [-0.15, -0.1) is 11.3 Å². The van der Waals surface area contributed by atoms with Crippen molar-refractivity contribution in [1.29, 1.82) is 0 Å². The number of alkyl halides is 3. The molecule has 0 spiro atoms. The van der Waals surface area contributed by atoms with Crippen LogP contribution in [0.2, 0.25) is 0 Å². The number of aromatic amines is 1. The third-order valence-corrected chi connectivity index (χ3v) is 5.08. The number of benzene rings is 1. The Balaban J connectivity index is 1.76. The molecule has 3 aromatic heterocycles. The van der Waals surface area contributed by atoms with Gasteiger partial charge in [-0.25, -0.2) is 4.98 Å². The van der Waals surface area contributed by atoms with Crippen LogP contribution in [0.25, 0.3) is 21.3 Å². The summed E-state index contributed by atoms with van der Waals surface area (Å²) in [4.78, 5) is 31.9. The molecule has 0 saturated carbocycles. The average molecular weight is 403 g/mol. The Morgan fingerprint density at radius 2 is 1.82 bits per heavy atom. The first kappa shape index (κ1) is 18.2. The second kappa shape index (κ2) is 6.75. The van der Waals surface area contributed by atoms with E-state index in [1.54, 1.807) is 0 Å². The van der Waals surface area contributed by atoms with E-state index in [1.165, 1.54) is 11.3 Å². The molecular formula is C19H12F3N3O2S. The summed E-state index contributed by atoms with van der Waals surface area (Å²) in [5.74, 6) is 0.111. The van der Waals surface area contributed by atoms with Crippen LogP contribution in [0.15, 0.2) is 63.6 Å². The molecule has 3 heterocycles. The fraction of sp³-hybridized carbons (Fsp3) is 0.105. The summed E-state index contributed by atoms with van der Waals surface area (Å²) < 4.78 is 39.5. The van der Waals surface area contributed by atoms with Gasteiger partial charge in [0, 0.05) is 23.2 Å². The molecule has 4 rings (SSSR count). The van der Waals surface area contributed by atoms with Gasteiger partial charge in [0.1, 0.15) is 10.7 Å². The molecule has 0 fully saturated rings. The van der Waals surface area contributed by atoms with Gasteiger partial charge in [0.2, 0.25) is 0 Å². The van der Waals surface area contributed by atoms with Crippen molar-refractivity contribution in [2.75, 3.05) is 0 Å². The maximum absolute atomic E-state index is 12.9. The minimum atomic E-state index is -4.57. The van der Waals surface area contributed by atoms with Gasteiger partial charge < -0.3 is 9.55 Å². The first-order valence-electron chi connectivity index (χ1n) is 8.16. The fourth-order valence-corrected chi connectivity index (χ4v) is 3.85. The van der Waals surface area contributed by atoms with E-state index in [0.29, 0.717) is 10.2 Å². The summed E-state index contributed by atoms with van der Waals surface area (Å²) in [5, 5.41) is 2.22. The lowest BCUT2D eigenvalue weighted by atomic mass is 10.1. The van der Waals surface area contributed by atoms with Crippen LogP contribution >= 0.6 is 11.3 Å². The van der Waals surface area contributed by atoms with Gasteiger partial charge in [-0.2, -0.15) is 13.2 Å². The number of rotatable bonds is 3. The highest BCUT2D eigenvalue weighted by molar-refractivity contribution is 7.17. The smallest absolute Gasteiger partial charge is 0.308 e. The van der Waals surface area contributed by atoms with Crippen LogP contribution in [0, 0.1) is 0 Å². The Labute approximate surface area is 159 Å². The normalized spacial score (nSPS) is 11.8. The minimum Gasteiger partial charge on any atom is -0.308 e. The zero-order valence-electron chi connectivity index (χ0n) is 14.2. The Morgan fingerprint density at radius 1 is 1.07 bits per heavy atom. The van der Waals surface area contributed by atoms with Crippen molar-refractivity contribution in [3.63, 3.8) is 0 Å². The van der Waals surface area contributed by atoms with Crippen LogP contribution in [-0.2, 0) is 12.7 Å². The average Bonchev–Trinajstić information content (AvgIpc) is 3.08. The predicted octanol–water partition coefficient (Wildman–Crippen LogP) is 3.88. The maximum Gasteiger partial charge on any atom is 0.417 e. The molecule has 0 amide bonds. The van der Waals surface area contributed by atoms with E-state index >= 15 is 0 Å². The number of aromatic nitrogens is 3. The molecular weight excluding hydrogens is 391 g/mol. The molecule has 0 aliphatic rings. The van der Waals surface area contributed by atoms with Crippen LogP contribution in [0.1, 0.15) is 11.4 Å². The lowest BCUT2D eigenvalue weighted by Crippen LogP contribution is -2.24. The lowest BCUT2D eigenvalue weighted by molar-refractivity contribution is -0.138. The van der Waals surface area contributed by atoms with Crippen LogP contribution in [0.4, 0.5) is 13.2 Å². The van der Waals surface area contributed by atoms with E-state index < -0.39 is 22.9 Å². The van der Waals surface area contributed by atoms with E-state index in [-0.39, 0.29) is 12.4 Å². The van der Waals surface area contributed by atoms with E-state index in [0.717, 1.165) is 34.0 Å². The van der Waals surface area contributed by atoms with Crippen molar-refractivity contribution < 1.29 is 13.2 Å². The number of hydrogen-bond acceptors (Lipinski definition) is 4. The number of hydrogen-bond donors (Lipinski definition) is 1. The highest BCUT2D eigenvalue weighted by Crippen LogP contribution is 2.31. The third-order valence-electron chi connectivity index (χ3n) is 4.21. The predicted molar refractivity (Wildman–Crippen MR) is 100 cm³/mol.